The van der Waals surface area contributed by atoms with Gasteiger partial charge in [-0.05, 0) is 30.4 Å². The summed E-state index contributed by atoms with van der Waals surface area (Å²) in [6.45, 7) is 1.81. The van der Waals surface area contributed by atoms with E-state index in [1.54, 1.807) is 7.11 Å². The van der Waals surface area contributed by atoms with E-state index >= 15 is 0 Å². The van der Waals surface area contributed by atoms with Crippen molar-refractivity contribution in [2.75, 3.05) is 25.1 Å². The molecule has 7 heteroatoms. The third-order valence-corrected chi connectivity index (χ3v) is 5.04. The van der Waals surface area contributed by atoms with Crippen LogP contribution in [-0.2, 0) is 16.0 Å². The van der Waals surface area contributed by atoms with Crippen molar-refractivity contribution in [3.63, 3.8) is 0 Å². The van der Waals surface area contributed by atoms with Crippen LogP contribution in [0, 0.1) is 5.41 Å². The number of nitrogens with zero attached hydrogens (tertiary/aromatic N) is 3. The van der Waals surface area contributed by atoms with Crippen LogP contribution in [0.1, 0.15) is 31.2 Å². The molecule has 0 atom stereocenters. The molecule has 0 spiro atoms. The van der Waals surface area contributed by atoms with E-state index in [1.807, 2.05) is 30.6 Å². The number of piperidine rings is 1. The van der Waals surface area contributed by atoms with E-state index in [9.17, 15) is 4.79 Å². The lowest BCUT2D eigenvalue weighted by Gasteiger charge is -2.31. The fourth-order valence-corrected chi connectivity index (χ4v) is 3.42. The van der Waals surface area contributed by atoms with Gasteiger partial charge in [-0.2, -0.15) is 0 Å². The Morgan fingerprint density at radius 2 is 1.96 bits per heavy atom. The summed E-state index contributed by atoms with van der Waals surface area (Å²) in [4.78, 5) is 23.0. The zero-order valence-corrected chi connectivity index (χ0v) is 16.2. The lowest BCUT2D eigenvalue weighted by molar-refractivity contribution is -0.117. The highest BCUT2D eigenvalue weighted by Crippen LogP contribution is 2.22. The number of nitrogens with two attached hydrogens (primary N) is 1. The maximum atomic E-state index is 11.8. The lowest BCUT2D eigenvalue weighted by atomic mass is 10.0. The molecule has 1 aromatic carbocycles. The summed E-state index contributed by atoms with van der Waals surface area (Å²) in [6.07, 6.45) is 7.06. The van der Waals surface area contributed by atoms with Gasteiger partial charge in [0.25, 0.3) is 0 Å². The highest BCUT2D eigenvalue weighted by atomic mass is 16.5. The molecule has 1 fully saturated rings. The second-order valence-corrected chi connectivity index (χ2v) is 7.13. The maximum absolute atomic E-state index is 11.8. The number of aromatic nitrogens is 2. The van der Waals surface area contributed by atoms with Gasteiger partial charge in [-0.25, -0.2) is 9.97 Å². The molecule has 1 saturated heterocycles. The molecule has 148 valence electrons. The van der Waals surface area contributed by atoms with Crippen molar-refractivity contribution in [3.05, 3.63) is 42.2 Å². The average molecular weight is 381 g/mol. The van der Waals surface area contributed by atoms with E-state index in [0.29, 0.717) is 18.9 Å². The molecule has 1 aromatic heterocycles. The Kier molecular flexibility index (Phi) is 6.71. The molecule has 3 N–H and O–H groups in total. The number of hydrogen-bond acceptors (Lipinski definition) is 6. The highest BCUT2D eigenvalue weighted by Gasteiger charge is 2.20. The average Bonchev–Trinajstić information content (AvgIpc) is 2.72. The van der Waals surface area contributed by atoms with Gasteiger partial charge in [0.15, 0.2) is 0 Å². The first-order valence-corrected chi connectivity index (χ1v) is 9.59. The molecule has 0 bridgehead atoms. The third-order valence-electron chi connectivity index (χ3n) is 5.04. The molecule has 2 heterocycles. The van der Waals surface area contributed by atoms with E-state index in [2.05, 4.69) is 20.9 Å². The van der Waals surface area contributed by atoms with Crippen molar-refractivity contribution >= 4 is 17.6 Å². The maximum Gasteiger partial charge on any atom is 0.225 e. The number of ketones is 1. The number of aryl methyl sites for hydroxylation is 1. The monoisotopic (exact) mass is 381 g/mol. The molecular formula is C21H27N5O2. The van der Waals surface area contributed by atoms with Crippen molar-refractivity contribution in [1.29, 1.82) is 5.41 Å². The Hall–Kier alpha value is -2.80. The van der Waals surface area contributed by atoms with Gasteiger partial charge in [0, 0.05) is 44.6 Å². The van der Waals surface area contributed by atoms with Crippen molar-refractivity contribution in [2.45, 2.75) is 38.2 Å². The van der Waals surface area contributed by atoms with E-state index in [4.69, 9.17) is 15.9 Å². The molecule has 0 aliphatic carbocycles. The predicted octanol–water partition coefficient (Wildman–Crippen LogP) is 2.59. The Bertz CT molecular complexity index is 814. The summed E-state index contributed by atoms with van der Waals surface area (Å²) in [5.74, 6) is 0.662. The zero-order chi connectivity index (χ0) is 19.9. The normalized spacial score (nSPS) is 14.8. The topological polar surface area (TPSA) is 105 Å². The first-order chi connectivity index (χ1) is 13.5. The lowest BCUT2D eigenvalue weighted by Crippen LogP contribution is -2.37. The molecule has 3 rings (SSSR count). The number of rotatable bonds is 8. The molecule has 2 aromatic rings. The van der Waals surface area contributed by atoms with Crippen LogP contribution in [0.4, 0.5) is 5.95 Å². The Labute approximate surface area is 165 Å². The first-order valence-electron chi connectivity index (χ1n) is 9.59. The van der Waals surface area contributed by atoms with E-state index in [1.165, 1.54) is 0 Å². The molecule has 28 heavy (non-hydrogen) atoms. The smallest absolute Gasteiger partial charge is 0.225 e. The number of amidine groups is 1. The van der Waals surface area contributed by atoms with E-state index in [0.717, 1.165) is 48.6 Å². The SMILES string of the molecule is COC1CCN(c2ncc(-c3cccc(CCC(=O)CC(=N)N)c3)cn2)CC1. The second-order valence-electron chi connectivity index (χ2n) is 7.13. The Balaban J connectivity index is 1.62. The van der Waals surface area contributed by atoms with Crippen LogP contribution in [-0.4, -0.2) is 47.9 Å². The standard InChI is InChI=1S/C21H27N5O2/c1-28-19-7-9-26(10-8-19)21-24-13-17(14-25-21)16-4-2-3-15(11-16)5-6-18(27)12-20(22)23/h2-4,11,13-14,19H,5-10,12H2,1H3,(H3,22,23). The highest BCUT2D eigenvalue weighted by molar-refractivity contribution is 5.98. The summed E-state index contributed by atoms with van der Waals surface area (Å²) in [6, 6.07) is 8.05. The fraction of sp³-hybridized carbons (Fsp3) is 0.429. The largest absolute Gasteiger partial charge is 0.387 e. The number of carbonyl (C=O) groups is 1. The second kappa shape index (κ2) is 9.41. The molecule has 0 amide bonds. The van der Waals surface area contributed by atoms with Gasteiger partial charge in [0.2, 0.25) is 5.95 Å². The zero-order valence-electron chi connectivity index (χ0n) is 16.2. The minimum atomic E-state index is -0.0811. The summed E-state index contributed by atoms with van der Waals surface area (Å²) < 4.78 is 5.41. The third kappa shape index (κ3) is 5.36. The molecule has 0 saturated carbocycles. The number of hydrogen-bond donors (Lipinski definition) is 2. The van der Waals surface area contributed by atoms with Crippen molar-refractivity contribution < 1.29 is 9.53 Å². The van der Waals surface area contributed by atoms with Gasteiger partial charge < -0.3 is 15.4 Å². The van der Waals surface area contributed by atoms with Crippen LogP contribution in [0.5, 0.6) is 0 Å². The predicted molar refractivity (Wildman–Crippen MR) is 110 cm³/mol. The van der Waals surface area contributed by atoms with Gasteiger partial charge in [0.05, 0.1) is 18.4 Å². The Morgan fingerprint density at radius 3 is 2.61 bits per heavy atom. The summed E-state index contributed by atoms with van der Waals surface area (Å²) in [7, 11) is 1.76. The van der Waals surface area contributed by atoms with Crippen LogP contribution in [0.2, 0.25) is 0 Å². The fourth-order valence-electron chi connectivity index (χ4n) is 3.42. The number of anilines is 1. The summed E-state index contributed by atoms with van der Waals surface area (Å²) >= 11 is 0. The van der Waals surface area contributed by atoms with Gasteiger partial charge >= 0.3 is 0 Å². The van der Waals surface area contributed by atoms with Gasteiger partial charge in [-0.1, -0.05) is 24.3 Å². The first kappa shape index (κ1) is 19.9. The molecule has 1 aliphatic rings. The minimum Gasteiger partial charge on any atom is -0.387 e. The van der Waals surface area contributed by atoms with E-state index in [-0.39, 0.29) is 18.0 Å². The number of benzene rings is 1. The van der Waals surface area contributed by atoms with Crippen molar-refractivity contribution in [3.8, 4) is 11.1 Å². The number of Topliss-reactive ketones (excluding diaryl/α,β-unsaturated/α-hetero) is 1. The van der Waals surface area contributed by atoms with Crippen molar-refractivity contribution in [1.82, 2.24) is 9.97 Å². The molecule has 7 nitrogen and oxygen atoms in total. The van der Waals surface area contributed by atoms with Gasteiger partial charge in [0.1, 0.15) is 5.78 Å². The molecular weight excluding hydrogens is 354 g/mol. The van der Waals surface area contributed by atoms with E-state index < -0.39 is 0 Å². The van der Waals surface area contributed by atoms with Crippen LogP contribution >= 0.6 is 0 Å². The van der Waals surface area contributed by atoms with Crippen LogP contribution < -0.4 is 10.6 Å². The van der Waals surface area contributed by atoms with Crippen molar-refractivity contribution in [2.24, 2.45) is 5.73 Å². The number of carbonyl (C=O) groups excluding carboxylic acids is 1. The quantitative estimate of drug-likeness (QED) is 0.538. The molecule has 0 radical (unpaired) electrons. The number of methoxy groups -OCH3 is 1. The van der Waals surface area contributed by atoms with Gasteiger partial charge in [-0.3, -0.25) is 10.2 Å². The van der Waals surface area contributed by atoms with Crippen LogP contribution in [0.25, 0.3) is 11.1 Å². The summed E-state index contributed by atoms with van der Waals surface area (Å²) in [5.41, 5.74) is 8.33. The Morgan fingerprint density at radius 1 is 1.25 bits per heavy atom. The number of nitrogens with one attached hydrogen (secondary N) is 1. The minimum absolute atomic E-state index is 0.0113. The number of ether oxygens (including phenoxy) is 1. The summed E-state index contributed by atoms with van der Waals surface area (Å²) in [5, 5.41) is 7.20. The van der Waals surface area contributed by atoms with Crippen LogP contribution in [0.15, 0.2) is 36.7 Å². The van der Waals surface area contributed by atoms with Crippen LogP contribution in [0.3, 0.4) is 0 Å². The van der Waals surface area contributed by atoms with Gasteiger partial charge in [-0.15, -0.1) is 0 Å². The molecule has 0 unspecified atom stereocenters. The molecule has 1 aliphatic heterocycles.